The van der Waals surface area contributed by atoms with Crippen molar-refractivity contribution in [2.75, 3.05) is 26.4 Å². The van der Waals surface area contributed by atoms with Crippen LogP contribution in [0, 0.1) is 5.92 Å². The first-order valence-electron chi connectivity index (χ1n) is 8.21. The minimum absolute atomic E-state index is 0.543. The summed E-state index contributed by atoms with van der Waals surface area (Å²) in [6, 6.07) is 9.17. The van der Waals surface area contributed by atoms with E-state index in [0.29, 0.717) is 12.0 Å². The fourth-order valence-electron chi connectivity index (χ4n) is 2.69. The van der Waals surface area contributed by atoms with Gasteiger partial charge in [-0.25, -0.2) is 0 Å². The molecular formula is C18H29NO2. The number of hydrogen-bond acceptors (Lipinski definition) is 3. The van der Waals surface area contributed by atoms with Crippen LogP contribution in [0.5, 0.6) is 0 Å². The van der Waals surface area contributed by atoms with E-state index in [0.717, 1.165) is 52.2 Å². The molecule has 0 radical (unpaired) electrons. The fraction of sp³-hybridized carbons (Fsp3) is 0.667. The SMILES string of the molecule is CC(C)NCCc1ccccc1COCC1CCOCC1. The Kier molecular flexibility index (Phi) is 7.20. The van der Waals surface area contributed by atoms with Gasteiger partial charge < -0.3 is 14.8 Å². The van der Waals surface area contributed by atoms with Gasteiger partial charge in [0, 0.05) is 19.3 Å². The molecule has 3 heteroatoms. The van der Waals surface area contributed by atoms with E-state index in [4.69, 9.17) is 9.47 Å². The highest BCUT2D eigenvalue weighted by atomic mass is 16.5. The average Bonchev–Trinajstić information content (AvgIpc) is 2.49. The Morgan fingerprint density at radius 1 is 1.19 bits per heavy atom. The molecule has 0 saturated carbocycles. The summed E-state index contributed by atoms with van der Waals surface area (Å²) in [6.07, 6.45) is 3.34. The Labute approximate surface area is 129 Å². The van der Waals surface area contributed by atoms with E-state index in [1.54, 1.807) is 0 Å². The Morgan fingerprint density at radius 3 is 2.62 bits per heavy atom. The summed E-state index contributed by atoms with van der Waals surface area (Å²) in [5, 5.41) is 3.47. The zero-order chi connectivity index (χ0) is 14.9. The largest absolute Gasteiger partial charge is 0.381 e. The first-order valence-corrected chi connectivity index (χ1v) is 8.21. The van der Waals surface area contributed by atoms with E-state index in [2.05, 4.69) is 43.4 Å². The molecule has 0 amide bonds. The molecule has 21 heavy (non-hydrogen) atoms. The van der Waals surface area contributed by atoms with Crippen molar-refractivity contribution in [3.8, 4) is 0 Å². The van der Waals surface area contributed by atoms with Crippen LogP contribution in [-0.4, -0.2) is 32.4 Å². The average molecular weight is 291 g/mol. The minimum atomic E-state index is 0.543. The Hall–Kier alpha value is -0.900. The third-order valence-electron chi connectivity index (χ3n) is 4.02. The first kappa shape index (κ1) is 16.5. The molecule has 2 rings (SSSR count). The van der Waals surface area contributed by atoms with E-state index >= 15 is 0 Å². The molecule has 1 heterocycles. The van der Waals surface area contributed by atoms with Gasteiger partial charge in [0.25, 0.3) is 0 Å². The van der Waals surface area contributed by atoms with Crippen LogP contribution in [0.15, 0.2) is 24.3 Å². The van der Waals surface area contributed by atoms with Crippen LogP contribution in [0.4, 0.5) is 0 Å². The maximum atomic E-state index is 5.95. The predicted molar refractivity (Wildman–Crippen MR) is 86.5 cm³/mol. The summed E-state index contributed by atoms with van der Waals surface area (Å²) in [4.78, 5) is 0. The lowest BCUT2D eigenvalue weighted by Gasteiger charge is -2.22. The molecule has 1 N–H and O–H groups in total. The van der Waals surface area contributed by atoms with Gasteiger partial charge in [-0.1, -0.05) is 38.1 Å². The van der Waals surface area contributed by atoms with E-state index in [9.17, 15) is 0 Å². The number of hydrogen-bond donors (Lipinski definition) is 1. The molecule has 0 bridgehead atoms. The van der Waals surface area contributed by atoms with Crippen LogP contribution >= 0.6 is 0 Å². The van der Waals surface area contributed by atoms with Crippen molar-refractivity contribution in [3.63, 3.8) is 0 Å². The first-order chi connectivity index (χ1) is 10.3. The topological polar surface area (TPSA) is 30.5 Å². The smallest absolute Gasteiger partial charge is 0.0719 e. The van der Waals surface area contributed by atoms with E-state index in [1.165, 1.54) is 11.1 Å². The maximum absolute atomic E-state index is 5.95. The van der Waals surface area contributed by atoms with Crippen molar-refractivity contribution in [2.45, 2.75) is 45.8 Å². The Morgan fingerprint density at radius 2 is 1.90 bits per heavy atom. The molecule has 0 atom stereocenters. The highest BCUT2D eigenvalue weighted by Crippen LogP contribution is 2.17. The van der Waals surface area contributed by atoms with E-state index in [-0.39, 0.29) is 0 Å². The highest BCUT2D eigenvalue weighted by molar-refractivity contribution is 5.26. The molecule has 1 aliphatic heterocycles. The van der Waals surface area contributed by atoms with Crippen molar-refractivity contribution in [1.29, 1.82) is 0 Å². The Bertz CT molecular complexity index is 400. The summed E-state index contributed by atoms with van der Waals surface area (Å²) < 4.78 is 11.3. The van der Waals surface area contributed by atoms with Gasteiger partial charge in [-0.3, -0.25) is 0 Å². The lowest BCUT2D eigenvalue weighted by atomic mass is 10.0. The van der Waals surface area contributed by atoms with Gasteiger partial charge in [0.05, 0.1) is 13.2 Å². The molecule has 0 aromatic heterocycles. The molecule has 1 aromatic carbocycles. The molecule has 0 aliphatic carbocycles. The standard InChI is InChI=1S/C18H29NO2/c1-15(2)19-10-7-17-5-3-4-6-18(17)14-21-13-16-8-11-20-12-9-16/h3-6,15-16,19H,7-14H2,1-2H3. The quantitative estimate of drug-likeness (QED) is 0.798. The van der Waals surface area contributed by atoms with Crippen LogP contribution in [0.1, 0.15) is 37.8 Å². The molecule has 1 aromatic rings. The second-order valence-electron chi connectivity index (χ2n) is 6.20. The van der Waals surface area contributed by atoms with Gasteiger partial charge in [-0.2, -0.15) is 0 Å². The second-order valence-corrected chi connectivity index (χ2v) is 6.20. The normalized spacial score (nSPS) is 16.5. The van der Waals surface area contributed by atoms with E-state index in [1.807, 2.05) is 0 Å². The van der Waals surface area contributed by atoms with Crippen molar-refractivity contribution in [3.05, 3.63) is 35.4 Å². The van der Waals surface area contributed by atoms with Gasteiger partial charge in [0.15, 0.2) is 0 Å². The van der Waals surface area contributed by atoms with Crippen LogP contribution in [-0.2, 0) is 22.5 Å². The summed E-state index contributed by atoms with van der Waals surface area (Å²) in [6.45, 7) is 8.77. The number of benzene rings is 1. The number of ether oxygens (including phenoxy) is 2. The van der Waals surface area contributed by atoms with Crippen LogP contribution in [0.25, 0.3) is 0 Å². The summed E-state index contributed by atoms with van der Waals surface area (Å²) >= 11 is 0. The van der Waals surface area contributed by atoms with Gasteiger partial charge in [-0.05, 0) is 42.9 Å². The molecule has 1 aliphatic rings. The van der Waals surface area contributed by atoms with Gasteiger partial charge in [0.2, 0.25) is 0 Å². The summed E-state index contributed by atoms with van der Waals surface area (Å²) in [7, 11) is 0. The van der Waals surface area contributed by atoms with Crippen molar-refractivity contribution in [2.24, 2.45) is 5.92 Å². The van der Waals surface area contributed by atoms with Crippen LogP contribution < -0.4 is 5.32 Å². The minimum Gasteiger partial charge on any atom is -0.381 e. The zero-order valence-electron chi connectivity index (χ0n) is 13.4. The second kappa shape index (κ2) is 9.19. The lowest BCUT2D eigenvalue weighted by Crippen LogP contribution is -2.25. The molecule has 0 unspecified atom stereocenters. The van der Waals surface area contributed by atoms with E-state index < -0.39 is 0 Å². The maximum Gasteiger partial charge on any atom is 0.0719 e. The summed E-state index contributed by atoms with van der Waals surface area (Å²) in [5.41, 5.74) is 2.73. The third kappa shape index (κ3) is 6.16. The predicted octanol–water partition coefficient (Wildman–Crippen LogP) is 3.17. The van der Waals surface area contributed by atoms with Crippen molar-refractivity contribution >= 4 is 0 Å². The van der Waals surface area contributed by atoms with Crippen molar-refractivity contribution in [1.82, 2.24) is 5.32 Å². The number of nitrogens with one attached hydrogen (secondary N) is 1. The van der Waals surface area contributed by atoms with Crippen LogP contribution in [0.3, 0.4) is 0 Å². The summed E-state index contributed by atoms with van der Waals surface area (Å²) in [5.74, 6) is 0.675. The molecular weight excluding hydrogens is 262 g/mol. The molecule has 1 fully saturated rings. The molecule has 0 spiro atoms. The van der Waals surface area contributed by atoms with Crippen molar-refractivity contribution < 1.29 is 9.47 Å². The lowest BCUT2D eigenvalue weighted by molar-refractivity contribution is 0.0156. The Balaban J connectivity index is 1.76. The molecule has 118 valence electrons. The van der Waals surface area contributed by atoms with Gasteiger partial charge in [0.1, 0.15) is 0 Å². The third-order valence-corrected chi connectivity index (χ3v) is 4.02. The van der Waals surface area contributed by atoms with Gasteiger partial charge >= 0.3 is 0 Å². The number of rotatable bonds is 8. The molecule has 3 nitrogen and oxygen atoms in total. The van der Waals surface area contributed by atoms with Gasteiger partial charge in [-0.15, -0.1) is 0 Å². The monoisotopic (exact) mass is 291 g/mol. The zero-order valence-corrected chi connectivity index (χ0v) is 13.4. The molecule has 1 saturated heterocycles. The fourth-order valence-corrected chi connectivity index (χ4v) is 2.69. The van der Waals surface area contributed by atoms with Crippen LogP contribution in [0.2, 0.25) is 0 Å². The highest BCUT2D eigenvalue weighted by Gasteiger charge is 2.14.